The highest BCUT2D eigenvalue weighted by Crippen LogP contribution is 2.15. The number of nitrogens with one attached hydrogen (secondary N) is 1. The minimum absolute atomic E-state index is 0.0296. The van der Waals surface area contributed by atoms with Crippen molar-refractivity contribution in [3.8, 4) is 0 Å². The SMILES string of the molecule is CC(C)c1nccn1CC(=O)N1CC(NC(=O)CC2=CCOCC2)C1. The van der Waals surface area contributed by atoms with Crippen LogP contribution in [-0.4, -0.2) is 58.6 Å². The van der Waals surface area contributed by atoms with E-state index in [0.717, 1.165) is 17.8 Å². The van der Waals surface area contributed by atoms with Gasteiger partial charge in [-0.2, -0.15) is 0 Å². The molecule has 1 fully saturated rings. The van der Waals surface area contributed by atoms with E-state index in [0.29, 0.717) is 39.3 Å². The summed E-state index contributed by atoms with van der Waals surface area (Å²) >= 11 is 0. The molecular weight excluding hydrogens is 320 g/mol. The minimum Gasteiger partial charge on any atom is -0.377 e. The molecule has 25 heavy (non-hydrogen) atoms. The summed E-state index contributed by atoms with van der Waals surface area (Å²) in [4.78, 5) is 30.5. The molecule has 136 valence electrons. The Morgan fingerprint density at radius 1 is 1.40 bits per heavy atom. The van der Waals surface area contributed by atoms with E-state index in [1.165, 1.54) is 0 Å². The molecule has 0 saturated carbocycles. The van der Waals surface area contributed by atoms with E-state index < -0.39 is 0 Å². The van der Waals surface area contributed by atoms with Crippen LogP contribution in [0.15, 0.2) is 24.0 Å². The van der Waals surface area contributed by atoms with Gasteiger partial charge in [0.15, 0.2) is 0 Å². The Kier molecular flexibility index (Phi) is 5.53. The third-order valence-corrected chi connectivity index (χ3v) is 4.61. The minimum atomic E-state index is 0.0296. The number of hydrogen-bond acceptors (Lipinski definition) is 4. The van der Waals surface area contributed by atoms with Crippen LogP contribution < -0.4 is 5.32 Å². The van der Waals surface area contributed by atoms with Gasteiger partial charge in [0.05, 0.1) is 19.3 Å². The second kappa shape index (κ2) is 7.82. The van der Waals surface area contributed by atoms with E-state index in [1.54, 1.807) is 11.1 Å². The van der Waals surface area contributed by atoms with Gasteiger partial charge in [0, 0.05) is 37.8 Å². The second-order valence-corrected chi connectivity index (χ2v) is 7.00. The van der Waals surface area contributed by atoms with Gasteiger partial charge in [-0.05, 0) is 6.42 Å². The van der Waals surface area contributed by atoms with Crippen molar-refractivity contribution in [2.24, 2.45) is 0 Å². The summed E-state index contributed by atoms with van der Waals surface area (Å²) in [6.45, 7) is 6.88. The third kappa shape index (κ3) is 4.48. The van der Waals surface area contributed by atoms with E-state index in [-0.39, 0.29) is 23.8 Å². The topological polar surface area (TPSA) is 76.5 Å². The number of imidazole rings is 1. The lowest BCUT2D eigenvalue weighted by Crippen LogP contribution is -2.61. The van der Waals surface area contributed by atoms with Crippen molar-refractivity contribution in [1.82, 2.24) is 19.8 Å². The fraction of sp³-hybridized carbons (Fsp3) is 0.611. The fourth-order valence-electron chi connectivity index (χ4n) is 3.19. The zero-order valence-corrected chi connectivity index (χ0v) is 14.9. The molecule has 7 nitrogen and oxygen atoms in total. The number of carbonyl (C=O) groups is 2. The Hall–Kier alpha value is -2.15. The Bertz CT molecular complexity index is 659. The van der Waals surface area contributed by atoms with Gasteiger partial charge in [-0.1, -0.05) is 25.5 Å². The molecule has 7 heteroatoms. The van der Waals surface area contributed by atoms with Crippen molar-refractivity contribution in [3.63, 3.8) is 0 Å². The lowest BCUT2D eigenvalue weighted by Gasteiger charge is -2.39. The van der Waals surface area contributed by atoms with Crippen molar-refractivity contribution < 1.29 is 14.3 Å². The summed E-state index contributed by atoms with van der Waals surface area (Å²) in [5, 5.41) is 3.00. The first-order chi connectivity index (χ1) is 12.0. The number of likely N-dealkylation sites (tertiary alicyclic amines) is 1. The van der Waals surface area contributed by atoms with E-state index in [9.17, 15) is 9.59 Å². The van der Waals surface area contributed by atoms with Gasteiger partial charge in [0.1, 0.15) is 12.4 Å². The molecule has 0 atom stereocenters. The quantitative estimate of drug-likeness (QED) is 0.782. The number of hydrogen-bond donors (Lipinski definition) is 1. The third-order valence-electron chi connectivity index (χ3n) is 4.61. The molecule has 0 spiro atoms. The Labute approximate surface area is 148 Å². The summed E-state index contributed by atoms with van der Waals surface area (Å²) in [5.74, 6) is 1.30. The average Bonchev–Trinajstić information content (AvgIpc) is 2.99. The Morgan fingerprint density at radius 3 is 2.88 bits per heavy atom. The maximum atomic E-state index is 12.4. The monoisotopic (exact) mass is 346 g/mol. The van der Waals surface area contributed by atoms with Gasteiger partial charge in [0.2, 0.25) is 11.8 Å². The van der Waals surface area contributed by atoms with Gasteiger partial charge in [-0.3, -0.25) is 9.59 Å². The molecule has 3 heterocycles. The summed E-state index contributed by atoms with van der Waals surface area (Å²) < 4.78 is 7.14. The largest absolute Gasteiger partial charge is 0.377 e. The highest BCUT2D eigenvalue weighted by molar-refractivity contribution is 5.80. The van der Waals surface area contributed by atoms with E-state index in [2.05, 4.69) is 24.1 Å². The first-order valence-corrected chi connectivity index (χ1v) is 8.86. The van der Waals surface area contributed by atoms with Crippen molar-refractivity contribution in [2.75, 3.05) is 26.3 Å². The number of amides is 2. The first-order valence-electron chi connectivity index (χ1n) is 8.86. The number of ether oxygens (including phenoxy) is 1. The Morgan fingerprint density at radius 2 is 2.20 bits per heavy atom. The molecule has 0 radical (unpaired) electrons. The molecule has 1 saturated heterocycles. The fourth-order valence-corrected chi connectivity index (χ4v) is 3.19. The normalized spacial score (nSPS) is 18.0. The average molecular weight is 346 g/mol. The maximum Gasteiger partial charge on any atom is 0.242 e. The summed E-state index contributed by atoms with van der Waals surface area (Å²) in [6, 6.07) is 0.0595. The molecule has 2 amide bonds. The summed E-state index contributed by atoms with van der Waals surface area (Å²) in [6.07, 6.45) is 6.81. The van der Waals surface area contributed by atoms with Crippen molar-refractivity contribution in [1.29, 1.82) is 0 Å². The molecule has 1 aromatic heterocycles. The van der Waals surface area contributed by atoms with Gasteiger partial charge in [-0.15, -0.1) is 0 Å². The molecule has 0 aliphatic carbocycles. The molecule has 0 bridgehead atoms. The zero-order valence-electron chi connectivity index (χ0n) is 14.9. The molecule has 2 aliphatic heterocycles. The van der Waals surface area contributed by atoms with Gasteiger partial charge in [-0.25, -0.2) is 4.98 Å². The van der Waals surface area contributed by atoms with Crippen LogP contribution in [-0.2, 0) is 20.9 Å². The van der Waals surface area contributed by atoms with Crippen molar-refractivity contribution >= 4 is 11.8 Å². The summed E-state index contributed by atoms with van der Waals surface area (Å²) in [5.41, 5.74) is 1.14. The van der Waals surface area contributed by atoms with E-state index in [4.69, 9.17) is 4.74 Å². The molecule has 0 aromatic carbocycles. The number of aromatic nitrogens is 2. The molecule has 0 unspecified atom stereocenters. The van der Waals surface area contributed by atoms with Crippen molar-refractivity contribution in [3.05, 3.63) is 29.9 Å². The Balaban J connectivity index is 1.41. The van der Waals surface area contributed by atoms with Crippen molar-refractivity contribution in [2.45, 2.75) is 45.2 Å². The van der Waals surface area contributed by atoms with Crippen LogP contribution in [0.3, 0.4) is 0 Å². The standard InChI is InChI=1S/C18H26N4O3/c1-13(2)18-19-5-6-21(18)12-17(24)22-10-15(11-22)20-16(23)9-14-3-7-25-8-4-14/h3,5-6,13,15H,4,7-12H2,1-2H3,(H,20,23). The number of nitrogens with zero attached hydrogens (tertiary/aromatic N) is 3. The van der Waals surface area contributed by atoms with E-state index in [1.807, 2.05) is 16.8 Å². The van der Waals surface area contributed by atoms with Crippen LogP contribution in [0.5, 0.6) is 0 Å². The first kappa shape index (κ1) is 17.7. The molecule has 1 N–H and O–H groups in total. The number of carbonyl (C=O) groups excluding carboxylic acids is 2. The van der Waals surface area contributed by atoms with Gasteiger partial charge < -0.3 is 19.5 Å². The molecule has 2 aliphatic rings. The predicted molar refractivity (Wildman–Crippen MR) is 93.0 cm³/mol. The lowest BCUT2D eigenvalue weighted by molar-refractivity contribution is -0.138. The van der Waals surface area contributed by atoms with E-state index >= 15 is 0 Å². The zero-order chi connectivity index (χ0) is 17.8. The molecule has 1 aromatic rings. The van der Waals surface area contributed by atoms with Crippen LogP contribution in [0.2, 0.25) is 0 Å². The van der Waals surface area contributed by atoms with Crippen LogP contribution in [0.1, 0.15) is 38.4 Å². The lowest BCUT2D eigenvalue weighted by atomic mass is 10.1. The number of rotatable bonds is 6. The smallest absolute Gasteiger partial charge is 0.242 e. The van der Waals surface area contributed by atoms with Crippen LogP contribution >= 0.6 is 0 Å². The molecule has 3 rings (SSSR count). The van der Waals surface area contributed by atoms with Crippen LogP contribution in [0, 0.1) is 0 Å². The van der Waals surface area contributed by atoms with Crippen LogP contribution in [0.4, 0.5) is 0 Å². The molecular formula is C18H26N4O3. The van der Waals surface area contributed by atoms with Crippen LogP contribution in [0.25, 0.3) is 0 Å². The summed E-state index contributed by atoms with van der Waals surface area (Å²) in [7, 11) is 0. The maximum absolute atomic E-state index is 12.4. The predicted octanol–water partition coefficient (Wildman–Crippen LogP) is 1.07. The highest BCUT2D eigenvalue weighted by Gasteiger charge is 2.32. The van der Waals surface area contributed by atoms with Gasteiger partial charge >= 0.3 is 0 Å². The highest BCUT2D eigenvalue weighted by atomic mass is 16.5. The van der Waals surface area contributed by atoms with Gasteiger partial charge in [0.25, 0.3) is 0 Å². The second-order valence-electron chi connectivity index (χ2n) is 7.00.